The Morgan fingerprint density at radius 1 is 1.33 bits per heavy atom. The van der Waals surface area contributed by atoms with Crippen LogP contribution in [-0.4, -0.2) is 37.1 Å². The van der Waals surface area contributed by atoms with E-state index in [0.29, 0.717) is 5.56 Å². The van der Waals surface area contributed by atoms with Crippen LogP contribution in [0.25, 0.3) is 0 Å². The first-order valence-electron chi connectivity index (χ1n) is 4.83. The second-order valence-electron chi connectivity index (χ2n) is 3.01. The van der Waals surface area contributed by atoms with Crippen molar-refractivity contribution in [3.05, 3.63) is 30.1 Å². The van der Waals surface area contributed by atoms with E-state index in [-0.39, 0.29) is 5.84 Å². The van der Waals surface area contributed by atoms with Gasteiger partial charge in [-0.3, -0.25) is 10.4 Å². The minimum atomic E-state index is 0.0809. The SMILES string of the molecule is C1COCCN1.N=C(N)c1ccncc1. The Balaban J connectivity index is 0.000000162. The molecule has 1 aromatic rings. The van der Waals surface area contributed by atoms with Crippen molar-refractivity contribution in [1.82, 2.24) is 10.3 Å². The maximum Gasteiger partial charge on any atom is 0.122 e. The second kappa shape index (κ2) is 6.92. The maximum absolute atomic E-state index is 6.99. The minimum Gasteiger partial charge on any atom is -0.384 e. The zero-order valence-electron chi connectivity index (χ0n) is 8.57. The summed E-state index contributed by atoms with van der Waals surface area (Å²) >= 11 is 0. The van der Waals surface area contributed by atoms with Gasteiger partial charge < -0.3 is 15.8 Å². The number of amidine groups is 1. The molecule has 1 saturated heterocycles. The highest BCUT2D eigenvalue weighted by molar-refractivity contribution is 5.94. The first-order chi connectivity index (χ1) is 7.30. The zero-order valence-corrected chi connectivity index (χ0v) is 8.57. The lowest BCUT2D eigenvalue weighted by molar-refractivity contribution is 0.109. The molecular weight excluding hydrogens is 192 g/mol. The van der Waals surface area contributed by atoms with Crippen LogP contribution in [0.3, 0.4) is 0 Å². The lowest BCUT2D eigenvalue weighted by atomic mass is 10.2. The Morgan fingerprint density at radius 3 is 2.20 bits per heavy atom. The average molecular weight is 208 g/mol. The van der Waals surface area contributed by atoms with Gasteiger partial charge in [0, 0.05) is 31.0 Å². The van der Waals surface area contributed by atoms with E-state index in [2.05, 4.69) is 10.3 Å². The number of hydrogen-bond donors (Lipinski definition) is 3. The van der Waals surface area contributed by atoms with Gasteiger partial charge in [0.2, 0.25) is 0 Å². The molecule has 5 heteroatoms. The van der Waals surface area contributed by atoms with Gasteiger partial charge in [0.25, 0.3) is 0 Å². The smallest absolute Gasteiger partial charge is 0.122 e. The number of nitrogens with one attached hydrogen (secondary N) is 2. The topological polar surface area (TPSA) is 84.0 Å². The lowest BCUT2D eigenvalue weighted by Crippen LogP contribution is -2.30. The minimum absolute atomic E-state index is 0.0809. The van der Waals surface area contributed by atoms with Gasteiger partial charge in [-0.15, -0.1) is 0 Å². The molecule has 82 valence electrons. The van der Waals surface area contributed by atoms with Crippen LogP contribution in [0.1, 0.15) is 5.56 Å². The molecule has 4 N–H and O–H groups in total. The van der Waals surface area contributed by atoms with Gasteiger partial charge in [-0.05, 0) is 12.1 Å². The molecule has 1 fully saturated rings. The molecule has 2 heterocycles. The quantitative estimate of drug-likeness (QED) is 0.447. The third kappa shape index (κ3) is 5.09. The second-order valence-corrected chi connectivity index (χ2v) is 3.01. The summed E-state index contributed by atoms with van der Waals surface area (Å²) in [5.41, 5.74) is 5.88. The molecule has 1 aliphatic rings. The van der Waals surface area contributed by atoms with E-state index in [4.69, 9.17) is 15.9 Å². The van der Waals surface area contributed by atoms with Crippen molar-refractivity contribution in [2.24, 2.45) is 5.73 Å². The van der Waals surface area contributed by atoms with E-state index in [9.17, 15) is 0 Å². The van der Waals surface area contributed by atoms with Crippen molar-refractivity contribution in [3.8, 4) is 0 Å². The third-order valence-corrected chi connectivity index (χ3v) is 1.84. The molecular formula is C10H16N4O. The maximum atomic E-state index is 6.99. The van der Waals surface area contributed by atoms with Crippen LogP contribution in [0, 0.1) is 5.41 Å². The molecule has 1 aromatic heterocycles. The van der Waals surface area contributed by atoms with Crippen molar-refractivity contribution in [2.75, 3.05) is 26.3 Å². The fraction of sp³-hybridized carbons (Fsp3) is 0.400. The van der Waals surface area contributed by atoms with Gasteiger partial charge in [0.15, 0.2) is 0 Å². The largest absolute Gasteiger partial charge is 0.384 e. The number of nitrogen functional groups attached to an aromatic ring is 1. The fourth-order valence-electron chi connectivity index (χ4n) is 1.05. The van der Waals surface area contributed by atoms with Crippen LogP contribution in [0.4, 0.5) is 0 Å². The standard InChI is InChI=1S/C6H7N3.C4H9NO/c7-6(8)5-1-3-9-4-2-5;1-3-6-4-2-5-1/h1-4H,(H3,7,8);5H,1-4H2. The molecule has 0 spiro atoms. The Labute approximate surface area is 89.2 Å². The number of hydrogen-bond acceptors (Lipinski definition) is 4. The number of aromatic nitrogens is 1. The molecule has 1 aliphatic heterocycles. The number of rotatable bonds is 1. The molecule has 2 rings (SSSR count). The number of morpholine rings is 1. The van der Waals surface area contributed by atoms with Crippen LogP contribution in [0.5, 0.6) is 0 Å². The summed E-state index contributed by atoms with van der Waals surface area (Å²) in [6.07, 6.45) is 3.22. The van der Waals surface area contributed by atoms with Crippen molar-refractivity contribution in [3.63, 3.8) is 0 Å². The van der Waals surface area contributed by atoms with Crippen LogP contribution in [0.2, 0.25) is 0 Å². The summed E-state index contributed by atoms with van der Waals surface area (Å²) in [5, 5.41) is 10.1. The molecule has 0 radical (unpaired) electrons. The summed E-state index contributed by atoms with van der Waals surface area (Å²) in [6.45, 7) is 3.83. The van der Waals surface area contributed by atoms with Crippen molar-refractivity contribution >= 4 is 5.84 Å². The molecule has 0 bridgehead atoms. The molecule has 0 unspecified atom stereocenters. The number of pyridine rings is 1. The van der Waals surface area contributed by atoms with Gasteiger partial charge in [-0.25, -0.2) is 0 Å². The van der Waals surface area contributed by atoms with Gasteiger partial charge in [0.05, 0.1) is 13.2 Å². The number of nitrogens with zero attached hydrogens (tertiary/aromatic N) is 1. The normalized spacial score (nSPS) is 14.9. The van der Waals surface area contributed by atoms with Crippen LogP contribution in [-0.2, 0) is 4.74 Å². The highest BCUT2D eigenvalue weighted by Crippen LogP contribution is 1.91. The Bertz CT molecular complexity index is 273. The molecule has 0 amide bonds. The van der Waals surface area contributed by atoms with Gasteiger partial charge >= 0.3 is 0 Å². The van der Waals surface area contributed by atoms with Gasteiger partial charge in [-0.1, -0.05) is 0 Å². The van der Waals surface area contributed by atoms with Crippen LogP contribution >= 0.6 is 0 Å². The summed E-state index contributed by atoms with van der Waals surface area (Å²) in [5.74, 6) is 0.0809. The molecule has 0 aromatic carbocycles. The number of ether oxygens (including phenoxy) is 1. The summed E-state index contributed by atoms with van der Waals surface area (Å²) < 4.78 is 5.01. The van der Waals surface area contributed by atoms with E-state index >= 15 is 0 Å². The van der Waals surface area contributed by atoms with E-state index in [1.54, 1.807) is 24.5 Å². The molecule has 0 aliphatic carbocycles. The van der Waals surface area contributed by atoms with E-state index in [0.717, 1.165) is 26.3 Å². The zero-order chi connectivity index (χ0) is 10.9. The Kier molecular flexibility index (Phi) is 5.35. The van der Waals surface area contributed by atoms with Gasteiger partial charge in [0.1, 0.15) is 5.84 Å². The highest BCUT2D eigenvalue weighted by Gasteiger charge is 1.93. The van der Waals surface area contributed by atoms with E-state index in [1.807, 2.05) is 0 Å². The van der Waals surface area contributed by atoms with Crippen LogP contribution < -0.4 is 11.1 Å². The monoisotopic (exact) mass is 208 g/mol. The Hall–Kier alpha value is -1.46. The lowest BCUT2D eigenvalue weighted by Gasteiger charge is -2.10. The first kappa shape index (κ1) is 11.6. The average Bonchev–Trinajstić information content (AvgIpc) is 2.33. The molecule has 15 heavy (non-hydrogen) atoms. The predicted octanol–water partition coefficient (Wildman–Crippen LogP) is -0.0281. The molecule has 0 atom stereocenters. The Morgan fingerprint density at radius 2 is 1.93 bits per heavy atom. The van der Waals surface area contributed by atoms with Crippen molar-refractivity contribution in [2.45, 2.75) is 0 Å². The number of nitrogens with two attached hydrogens (primary N) is 1. The van der Waals surface area contributed by atoms with Gasteiger partial charge in [-0.2, -0.15) is 0 Å². The van der Waals surface area contributed by atoms with E-state index in [1.165, 1.54) is 0 Å². The summed E-state index contributed by atoms with van der Waals surface area (Å²) in [7, 11) is 0. The third-order valence-electron chi connectivity index (χ3n) is 1.84. The molecule has 0 saturated carbocycles. The highest BCUT2D eigenvalue weighted by atomic mass is 16.5. The van der Waals surface area contributed by atoms with Crippen molar-refractivity contribution < 1.29 is 4.74 Å². The predicted molar refractivity (Wildman–Crippen MR) is 58.9 cm³/mol. The van der Waals surface area contributed by atoms with Crippen molar-refractivity contribution in [1.29, 1.82) is 5.41 Å². The summed E-state index contributed by atoms with van der Waals surface area (Å²) in [6, 6.07) is 3.39. The first-order valence-corrected chi connectivity index (χ1v) is 4.83. The molecule has 5 nitrogen and oxygen atoms in total. The summed E-state index contributed by atoms with van der Waals surface area (Å²) in [4.78, 5) is 3.78. The van der Waals surface area contributed by atoms with E-state index < -0.39 is 0 Å². The fourth-order valence-corrected chi connectivity index (χ4v) is 1.05. The van der Waals surface area contributed by atoms with Crippen LogP contribution in [0.15, 0.2) is 24.5 Å².